The van der Waals surface area contributed by atoms with Gasteiger partial charge in [0.2, 0.25) is 0 Å². The van der Waals surface area contributed by atoms with Crippen molar-refractivity contribution in [1.82, 2.24) is 4.98 Å². The Labute approximate surface area is 123 Å². The third-order valence-electron chi connectivity index (χ3n) is 4.08. The van der Waals surface area contributed by atoms with Crippen molar-refractivity contribution in [2.75, 3.05) is 6.61 Å². The molecule has 0 fully saturated rings. The molecular weight excluding hydrogens is 260 g/mol. The lowest BCUT2D eigenvalue weighted by molar-refractivity contribution is 0.353. The second kappa shape index (κ2) is 4.86. The Morgan fingerprint density at radius 3 is 3.05 bits per heavy atom. The van der Waals surface area contributed by atoms with Gasteiger partial charge in [-0.15, -0.1) is 0 Å². The largest absolute Gasteiger partial charge is 0.493 e. The molecule has 0 saturated carbocycles. The maximum atomic E-state index is 5.89. The molecule has 0 spiro atoms. The van der Waals surface area contributed by atoms with Crippen molar-refractivity contribution in [1.29, 1.82) is 0 Å². The topological polar surface area (TPSA) is 48.1 Å². The van der Waals surface area contributed by atoms with Crippen molar-refractivity contribution >= 4 is 10.8 Å². The van der Waals surface area contributed by atoms with E-state index in [1.165, 1.54) is 27.5 Å². The molecule has 2 aromatic carbocycles. The second-order valence-corrected chi connectivity index (χ2v) is 5.33. The second-order valence-electron chi connectivity index (χ2n) is 5.33. The van der Waals surface area contributed by atoms with Crippen LogP contribution in [-0.2, 0) is 13.0 Å². The summed E-state index contributed by atoms with van der Waals surface area (Å²) in [5.74, 6) is 0.986. The fraction of sp³-hybridized carbons (Fsp3) is 0.167. The molecular formula is C18H16N2O. The van der Waals surface area contributed by atoms with Crippen molar-refractivity contribution < 1.29 is 4.74 Å². The smallest absolute Gasteiger partial charge is 0.127 e. The van der Waals surface area contributed by atoms with E-state index in [2.05, 4.69) is 35.3 Å². The van der Waals surface area contributed by atoms with E-state index in [-0.39, 0.29) is 0 Å². The summed E-state index contributed by atoms with van der Waals surface area (Å²) in [7, 11) is 0. The van der Waals surface area contributed by atoms with Crippen LogP contribution < -0.4 is 10.5 Å². The lowest BCUT2D eigenvalue weighted by Gasteiger charge is -2.11. The zero-order valence-corrected chi connectivity index (χ0v) is 11.7. The maximum absolute atomic E-state index is 5.89. The van der Waals surface area contributed by atoms with E-state index in [0.29, 0.717) is 6.54 Å². The van der Waals surface area contributed by atoms with Crippen LogP contribution in [-0.4, -0.2) is 11.6 Å². The first-order valence-corrected chi connectivity index (χ1v) is 7.18. The minimum Gasteiger partial charge on any atom is -0.493 e. The van der Waals surface area contributed by atoms with Crippen LogP contribution in [0.1, 0.15) is 11.1 Å². The van der Waals surface area contributed by atoms with Gasteiger partial charge in [-0.3, -0.25) is 4.98 Å². The van der Waals surface area contributed by atoms with E-state index in [0.717, 1.165) is 24.3 Å². The highest BCUT2D eigenvalue weighted by Crippen LogP contribution is 2.36. The van der Waals surface area contributed by atoms with Crippen LogP contribution in [0.5, 0.6) is 5.75 Å². The van der Waals surface area contributed by atoms with Gasteiger partial charge >= 0.3 is 0 Å². The molecule has 2 heterocycles. The Hall–Kier alpha value is -2.39. The minimum atomic E-state index is 0.499. The first kappa shape index (κ1) is 12.4. The molecule has 1 aromatic heterocycles. The fourth-order valence-corrected chi connectivity index (χ4v) is 3.06. The summed E-state index contributed by atoms with van der Waals surface area (Å²) in [4.78, 5) is 4.26. The van der Waals surface area contributed by atoms with Crippen LogP contribution in [0.4, 0.5) is 0 Å². The molecule has 3 aromatic rings. The fourth-order valence-electron chi connectivity index (χ4n) is 3.06. The number of ether oxygens (including phenoxy) is 1. The molecule has 0 saturated heterocycles. The van der Waals surface area contributed by atoms with Gasteiger partial charge in [0.25, 0.3) is 0 Å². The van der Waals surface area contributed by atoms with E-state index in [1.807, 2.05) is 18.5 Å². The van der Waals surface area contributed by atoms with Gasteiger partial charge in [-0.1, -0.05) is 18.2 Å². The van der Waals surface area contributed by atoms with Crippen LogP contribution in [0.25, 0.3) is 21.9 Å². The molecule has 3 nitrogen and oxygen atoms in total. The molecule has 1 aliphatic heterocycles. The van der Waals surface area contributed by atoms with Crippen molar-refractivity contribution in [2.45, 2.75) is 13.0 Å². The highest BCUT2D eigenvalue weighted by Gasteiger charge is 2.18. The standard InChI is InChI=1S/C18H16N2O/c19-10-15-9-14(8-13-5-7-21-18(13)15)16-3-1-2-12-4-6-20-11-17(12)16/h1-4,6,8-9,11H,5,7,10,19H2. The van der Waals surface area contributed by atoms with Gasteiger partial charge in [0.1, 0.15) is 5.75 Å². The number of pyridine rings is 1. The molecule has 0 aliphatic carbocycles. The van der Waals surface area contributed by atoms with Crippen LogP contribution in [0.2, 0.25) is 0 Å². The molecule has 0 unspecified atom stereocenters. The van der Waals surface area contributed by atoms with Crippen LogP contribution in [0.3, 0.4) is 0 Å². The summed E-state index contributed by atoms with van der Waals surface area (Å²) in [5.41, 5.74) is 10.6. The zero-order valence-electron chi connectivity index (χ0n) is 11.7. The maximum Gasteiger partial charge on any atom is 0.127 e. The normalized spacial score (nSPS) is 13.2. The highest BCUT2D eigenvalue weighted by atomic mass is 16.5. The Kier molecular flexibility index (Phi) is 2.86. The molecule has 0 amide bonds. The Morgan fingerprint density at radius 1 is 1.19 bits per heavy atom. The SMILES string of the molecule is NCc1cc(-c2cccc3ccncc23)cc2c1OCC2. The quantitative estimate of drug-likeness (QED) is 0.781. The van der Waals surface area contributed by atoms with E-state index in [1.54, 1.807) is 0 Å². The van der Waals surface area contributed by atoms with Gasteiger partial charge in [0, 0.05) is 36.3 Å². The Balaban J connectivity index is 1.97. The number of hydrogen-bond donors (Lipinski definition) is 1. The summed E-state index contributed by atoms with van der Waals surface area (Å²) in [5, 5.41) is 2.37. The summed E-state index contributed by atoms with van der Waals surface area (Å²) in [6.45, 7) is 1.25. The van der Waals surface area contributed by atoms with Gasteiger partial charge < -0.3 is 10.5 Å². The van der Waals surface area contributed by atoms with Crippen LogP contribution in [0, 0.1) is 0 Å². The third kappa shape index (κ3) is 1.98. The van der Waals surface area contributed by atoms with Crippen molar-refractivity contribution in [3.63, 3.8) is 0 Å². The van der Waals surface area contributed by atoms with Crippen LogP contribution >= 0.6 is 0 Å². The zero-order chi connectivity index (χ0) is 14.2. The number of nitrogens with two attached hydrogens (primary N) is 1. The molecule has 4 rings (SSSR count). The molecule has 0 bridgehead atoms. The predicted octanol–water partition coefficient (Wildman–Crippen LogP) is 3.30. The molecule has 1 aliphatic rings. The van der Waals surface area contributed by atoms with E-state index in [4.69, 9.17) is 10.5 Å². The molecule has 3 heteroatoms. The molecule has 0 radical (unpaired) electrons. The average Bonchev–Trinajstić information content (AvgIpc) is 3.02. The van der Waals surface area contributed by atoms with E-state index < -0.39 is 0 Å². The third-order valence-corrected chi connectivity index (χ3v) is 4.08. The Bertz CT molecular complexity index is 821. The molecule has 104 valence electrons. The number of hydrogen-bond acceptors (Lipinski definition) is 3. The molecule has 2 N–H and O–H groups in total. The van der Waals surface area contributed by atoms with Crippen molar-refractivity contribution in [3.8, 4) is 16.9 Å². The monoisotopic (exact) mass is 276 g/mol. The molecule has 0 atom stereocenters. The van der Waals surface area contributed by atoms with Crippen LogP contribution in [0.15, 0.2) is 48.8 Å². The number of nitrogens with zero attached hydrogens (tertiary/aromatic N) is 1. The predicted molar refractivity (Wildman–Crippen MR) is 84.3 cm³/mol. The number of fused-ring (bicyclic) bond motifs is 2. The van der Waals surface area contributed by atoms with E-state index >= 15 is 0 Å². The van der Waals surface area contributed by atoms with Gasteiger partial charge in [-0.05, 0) is 40.3 Å². The minimum absolute atomic E-state index is 0.499. The van der Waals surface area contributed by atoms with Gasteiger partial charge in [-0.2, -0.15) is 0 Å². The summed E-state index contributed by atoms with van der Waals surface area (Å²) in [6, 6.07) is 12.8. The van der Waals surface area contributed by atoms with Gasteiger partial charge in [-0.25, -0.2) is 0 Å². The van der Waals surface area contributed by atoms with Crippen molar-refractivity contribution in [2.24, 2.45) is 5.73 Å². The Morgan fingerprint density at radius 2 is 2.14 bits per heavy atom. The molecule has 21 heavy (non-hydrogen) atoms. The number of rotatable bonds is 2. The first-order chi connectivity index (χ1) is 10.4. The average molecular weight is 276 g/mol. The number of aromatic nitrogens is 1. The lowest BCUT2D eigenvalue weighted by Crippen LogP contribution is -2.00. The van der Waals surface area contributed by atoms with Crippen molar-refractivity contribution in [3.05, 3.63) is 59.9 Å². The lowest BCUT2D eigenvalue weighted by atomic mass is 9.95. The van der Waals surface area contributed by atoms with E-state index in [9.17, 15) is 0 Å². The summed E-state index contributed by atoms with van der Waals surface area (Å²) < 4.78 is 5.71. The van der Waals surface area contributed by atoms with Gasteiger partial charge in [0.05, 0.1) is 6.61 Å². The highest BCUT2D eigenvalue weighted by molar-refractivity contribution is 5.96. The summed E-state index contributed by atoms with van der Waals surface area (Å²) >= 11 is 0. The van der Waals surface area contributed by atoms with Gasteiger partial charge in [0.15, 0.2) is 0 Å². The first-order valence-electron chi connectivity index (χ1n) is 7.18. The summed E-state index contributed by atoms with van der Waals surface area (Å²) in [6.07, 6.45) is 4.71. The number of benzene rings is 2.